The molecule has 0 amide bonds. The number of rotatable bonds is 4. The molecule has 0 unspecified atom stereocenters. The first-order valence-electron chi connectivity index (χ1n) is 9.04. The molecule has 0 saturated carbocycles. The zero-order valence-electron chi connectivity index (χ0n) is 15.9. The fourth-order valence-electron chi connectivity index (χ4n) is 3.63. The van der Waals surface area contributed by atoms with E-state index in [1.165, 1.54) is 0 Å². The normalized spacial score (nSPS) is 11.5. The Kier molecular flexibility index (Phi) is 3.68. The van der Waals surface area contributed by atoms with Crippen molar-refractivity contribution in [1.29, 1.82) is 0 Å². The first kappa shape index (κ1) is 16.6. The largest absolute Gasteiger partial charge is 0.496 e. The number of benzene rings is 1. The minimum absolute atomic E-state index is 0.614. The van der Waals surface area contributed by atoms with E-state index in [0.717, 1.165) is 45.0 Å². The maximum atomic E-state index is 5.53. The Labute approximate surface area is 161 Å². The van der Waals surface area contributed by atoms with Crippen molar-refractivity contribution >= 4 is 16.7 Å². The quantitative estimate of drug-likeness (QED) is 0.476. The number of hydrogen-bond donors (Lipinski definition) is 0. The summed E-state index contributed by atoms with van der Waals surface area (Å²) in [4.78, 5) is 9.50. The highest BCUT2D eigenvalue weighted by molar-refractivity contribution is 5.94. The predicted molar refractivity (Wildman–Crippen MR) is 106 cm³/mol. The van der Waals surface area contributed by atoms with E-state index >= 15 is 0 Å². The number of aryl methyl sites for hydroxylation is 1. The number of nitrogens with zero attached hydrogens (tertiary/aromatic N) is 5. The van der Waals surface area contributed by atoms with Crippen LogP contribution in [-0.2, 0) is 6.54 Å². The van der Waals surface area contributed by atoms with Gasteiger partial charge in [0.15, 0.2) is 11.5 Å². The Balaban J connectivity index is 1.73. The molecule has 7 heteroatoms. The van der Waals surface area contributed by atoms with E-state index in [-0.39, 0.29) is 0 Å². The summed E-state index contributed by atoms with van der Waals surface area (Å²) in [5.74, 6) is 2.24. The van der Waals surface area contributed by atoms with E-state index in [1.807, 2.05) is 36.4 Å². The van der Waals surface area contributed by atoms with Crippen LogP contribution in [0.4, 0.5) is 0 Å². The van der Waals surface area contributed by atoms with Crippen molar-refractivity contribution in [2.75, 3.05) is 7.11 Å². The average molecular weight is 373 g/mol. The molecule has 0 atom stereocenters. The smallest absolute Gasteiger partial charge is 0.185 e. The van der Waals surface area contributed by atoms with E-state index in [1.54, 1.807) is 24.2 Å². The maximum absolute atomic E-state index is 5.53. The molecule has 0 aliphatic carbocycles. The number of hydrogen-bond acceptors (Lipinski definition) is 5. The minimum Gasteiger partial charge on any atom is -0.496 e. The lowest BCUT2D eigenvalue weighted by Crippen LogP contribution is -2.02. The van der Waals surface area contributed by atoms with Gasteiger partial charge in [0.05, 0.1) is 30.9 Å². The summed E-state index contributed by atoms with van der Waals surface area (Å²) in [7, 11) is 1.65. The van der Waals surface area contributed by atoms with Gasteiger partial charge in [-0.3, -0.25) is 0 Å². The van der Waals surface area contributed by atoms with Gasteiger partial charge in [0.2, 0.25) is 0 Å². The van der Waals surface area contributed by atoms with Gasteiger partial charge in [0.1, 0.15) is 23.5 Å². The summed E-state index contributed by atoms with van der Waals surface area (Å²) in [5.41, 5.74) is 4.78. The molecule has 5 aromatic rings. The van der Waals surface area contributed by atoms with Crippen molar-refractivity contribution in [3.05, 3.63) is 66.0 Å². The van der Waals surface area contributed by atoms with Crippen LogP contribution in [0.15, 0.2) is 53.4 Å². The van der Waals surface area contributed by atoms with E-state index in [0.29, 0.717) is 12.4 Å². The van der Waals surface area contributed by atoms with Crippen LogP contribution in [0.1, 0.15) is 17.0 Å². The third kappa shape index (κ3) is 2.40. The SMILES string of the molecule is COc1ccccc1-c1nc2c3c(C)c(C)n(Cc4ccco4)c3ncn2n1. The van der Waals surface area contributed by atoms with Gasteiger partial charge in [-0.1, -0.05) is 12.1 Å². The molecule has 1 aromatic carbocycles. The van der Waals surface area contributed by atoms with Crippen molar-refractivity contribution < 1.29 is 9.15 Å². The fraction of sp³-hybridized carbons (Fsp3) is 0.190. The number of para-hydroxylation sites is 1. The van der Waals surface area contributed by atoms with Crippen LogP contribution < -0.4 is 4.74 Å². The lowest BCUT2D eigenvalue weighted by atomic mass is 10.2. The standard InChI is InChI=1S/C21H19N5O2/c1-13-14(2)25(11-15-7-6-10-28-15)20-18(13)21-23-19(24-26(21)12-22-20)16-8-4-5-9-17(16)27-3/h4-10,12H,11H2,1-3H3. The third-order valence-electron chi connectivity index (χ3n) is 5.19. The second kappa shape index (κ2) is 6.23. The van der Waals surface area contributed by atoms with Crippen molar-refractivity contribution in [1.82, 2.24) is 24.1 Å². The molecule has 5 rings (SSSR count). The number of ether oxygens (including phenoxy) is 1. The molecule has 0 aliphatic heterocycles. The van der Waals surface area contributed by atoms with Crippen LogP contribution >= 0.6 is 0 Å². The number of methoxy groups -OCH3 is 1. The topological polar surface area (TPSA) is 70.4 Å². The Bertz CT molecular complexity index is 1300. The predicted octanol–water partition coefficient (Wildman–Crippen LogP) is 4.01. The van der Waals surface area contributed by atoms with Crippen LogP contribution in [0.2, 0.25) is 0 Å². The highest BCUT2D eigenvalue weighted by Gasteiger charge is 2.19. The van der Waals surface area contributed by atoms with Crippen LogP contribution in [0.5, 0.6) is 5.75 Å². The van der Waals surface area contributed by atoms with Crippen LogP contribution in [0.25, 0.3) is 28.1 Å². The highest BCUT2D eigenvalue weighted by atomic mass is 16.5. The number of aromatic nitrogens is 5. The molecule has 4 heterocycles. The monoisotopic (exact) mass is 373 g/mol. The Morgan fingerprint density at radius 1 is 1.07 bits per heavy atom. The molecule has 28 heavy (non-hydrogen) atoms. The summed E-state index contributed by atoms with van der Waals surface area (Å²) >= 11 is 0. The molecule has 0 N–H and O–H groups in total. The minimum atomic E-state index is 0.614. The van der Waals surface area contributed by atoms with Gasteiger partial charge in [-0.05, 0) is 43.7 Å². The van der Waals surface area contributed by atoms with E-state index in [4.69, 9.17) is 14.1 Å². The lowest BCUT2D eigenvalue weighted by Gasteiger charge is -2.05. The second-order valence-electron chi connectivity index (χ2n) is 6.72. The van der Waals surface area contributed by atoms with Gasteiger partial charge in [0, 0.05) is 5.69 Å². The zero-order valence-corrected chi connectivity index (χ0v) is 15.9. The molecule has 0 bridgehead atoms. The first-order valence-corrected chi connectivity index (χ1v) is 9.04. The molecule has 4 aromatic heterocycles. The molecule has 0 saturated heterocycles. The van der Waals surface area contributed by atoms with Gasteiger partial charge < -0.3 is 13.7 Å². The molecule has 0 aliphatic rings. The average Bonchev–Trinajstić information content (AvgIpc) is 3.43. The Hall–Kier alpha value is -3.61. The van der Waals surface area contributed by atoms with Crippen LogP contribution in [0, 0.1) is 13.8 Å². The molecule has 140 valence electrons. The third-order valence-corrected chi connectivity index (χ3v) is 5.19. The van der Waals surface area contributed by atoms with Crippen LogP contribution in [-0.4, -0.2) is 31.3 Å². The van der Waals surface area contributed by atoms with E-state index in [2.05, 4.69) is 28.5 Å². The molecule has 0 radical (unpaired) electrons. The molecule has 0 spiro atoms. The van der Waals surface area contributed by atoms with Crippen LogP contribution in [0.3, 0.4) is 0 Å². The van der Waals surface area contributed by atoms with Crippen molar-refractivity contribution in [3.63, 3.8) is 0 Å². The summed E-state index contributed by atoms with van der Waals surface area (Å²) < 4.78 is 14.9. The number of fused-ring (bicyclic) bond motifs is 3. The Morgan fingerprint density at radius 2 is 1.93 bits per heavy atom. The van der Waals surface area contributed by atoms with Crippen molar-refractivity contribution in [2.24, 2.45) is 0 Å². The molecule has 0 fully saturated rings. The number of furan rings is 1. The maximum Gasteiger partial charge on any atom is 0.185 e. The molecule has 7 nitrogen and oxygen atoms in total. The summed E-state index contributed by atoms with van der Waals surface area (Å²) in [6.45, 7) is 4.81. The fourth-order valence-corrected chi connectivity index (χ4v) is 3.63. The van der Waals surface area contributed by atoms with Gasteiger partial charge in [0.25, 0.3) is 0 Å². The van der Waals surface area contributed by atoms with Crippen molar-refractivity contribution in [2.45, 2.75) is 20.4 Å². The van der Waals surface area contributed by atoms with E-state index in [9.17, 15) is 0 Å². The van der Waals surface area contributed by atoms with Crippen molar-refractivity contribution in [3.8, 4) is 17.1 Å². The highest BCUT2D eigenvalue weighted by Crippen LogP contribution is 2.31. The summed E-state index contributed by atoms with van der Waals surface area (Å²) in [6, 6.07) is 11.6. The molecular formula is C21H19N5O2. The van der Waals surface area contributed by atoms with Gasteiger partial charge in [-0.15, -0.1) is 5.10 Å². The zero-order chi connectivity index (χ0) is 19.3. The van der Waals surface area contributed by atoms with Gasteiger partial charge in [-0.2, -0.15) is 0 Å². The summed E-state index contributed by atoms with van der Waals surface area (Å²) in [6.07, 6.45) is 3.40. The summed E-state index contributed by atoms with van der Waals surface area (Å²) in [5, 5.41) is 5.63. The Morgan fingerprint density at radius 3 is 2.71 bits per heavy atom. The van der Waals surface area contributed by atoms with Gasteiger partial charge >= 0.3 is 0 Å². The van der Waals surface area contributed by atoms with Gasteiger partial charge in [-0.25, -0.2) is 14.5 Å². The first-order chi connectivity index (χ1) is 13.7. The van der Waals surface area contributed by atoms with E-state index < -0.39 is 0 Å². The second-order valence-corrected chi connectivity index (χ2v) is 6.72. The molecular weight excluding hydrogens is 354 g/mol. The lowest BCUT2D eigenvalue weighted by molar-refractivity contribution is 0.416.